The predicted octanol–water partition coefficient (Wildman–Crippen LogP) is 5.02. The lowest BCUT2D eigenvalue weighted by molar-refractivity contribution is 0.288. The highest BCUT2D eigenvalue weighted by molar-refractivity contribution is 9.10. The van der Waals surface area contributed by atoms with Gasteiger partial charge in [0.2, 0.25) is 0 Å². The minimum atomic E-state index is 0.353. The third-order valence-electron chi connectivity index (χ3n) is 4.49. The van der Waals surface area contributed by atoms with E-state index in [0.29, 0.717) is 34.3 Å². The van der Waals surface area contributed by atoms with E-state index in [-0.39, 0.29) is 0 Å². The number of ether oxygens (including phenoxy) is 1. The zero-order valence-corrected chi connectivity index (χ0v) is 17.8. The van der Waals surface area contributed by atoms with Crippen LogP contribution in [0.1, 0.15) is 18.9 Å². The Kier molecular flexibility index (Phi) is 6.05. The fourth-order valence-electron chi connectivity index (χ4n) is 3.16. The van der Waals surface area contributed by atoms with Crippen LogP contribution >= 0.6 is 15.9 Å². The molecule has 0 aliphatic heterocycles. The number of fused-ring (bicyclic) bond motifs is 1. The second kappa shape index (κ2) is 9.05. The van der Waals surface area contributed by atoms with E-state index in [1.165, 1.54) is 5.56 Å². The summed E-state index contributed by atoms with van der Waals surface area (Å²) in [7, 11) is 0. The number of anilines is 1. The largest absolute Gasteiger partial charge is 0.463 e. The third-order valence-corrected chi connectivity index (χ3v) is 5.02. The summed E-state index contributed by atoms with van der Waals surface area (Å²) >= 11 is 3.56. The Balaban J connectivity index is 1.60. The Bertz CT molecular complexity index is 1080. The predicted molar refractivity (Wildman–Crippen MR) is 119 cm³/mol. The van der Waals surface area contributed by atoms with Gasteiger partial charge in [-0.05, 0) is 53.4 Å². The van der Waals surface area contributed by atoms with Crippen molar-refractivity contribution in [2.45, 2.75) is 19.8 Å². The standard InChI is InChI=1S/C22H22BrN5O/c1-2-24-19-18-20(28(21(23)25-18)17-13-7-4-8-14-17)27-22(26-19)29-15-9-12-16-10-5-3-6-11-16/h3-8,10-11,13-14H,2,9,12,15H2,1H3,(H,24,26,27). The highest BCUT2D eigenvalue weighted by Gasteiger charge is 2.18. The van der Waals surface area contributed by atoms with E-state index in [9.17, 15) is 0 Å². The summed E-state index contributed by atoms with van der Waals surface area (Å²) < 4.78 is 8.53. The van der Waals surface area contributed by atoms with Crippen LogP contribution in [-0.4, -0.2) is 32.7 Å². The normalized spacial score (nSPS) is 11.0. The van der Waals surface area contributed by atoms with Crippen molar-refractivity contribution in [1.82, 2.24) is 19.5 Å². The minimum Gasteiger partial charge on any atom is -0.463 e. The second-order valence-corrected chi connectivity index (χ2v) is 7.26. The van der Waals surface area contributed by atoms with Gasteiger partial charge in [-0.3, -0.25) is 4.57 Å². The lowest BCUT2D eigenvalue weighted by Crippen LogP contribution is -2.07. The molecule has 29 heavy (non-hydrogen) atoms. The number of benzene rings is 2. The molecule has 2 aromatic carbocycles. The summed E-state index contributed by atoms with van der Waals surface area (Å²) in [6.07, 6.45) is 1.85. The SMILES string of the molecule is CCNc1nc(OCCCc2ccccc2)nc2c1nc(Br)n2-c1ccccc1. The first kappa shape index (κ1) is 19.4. The van der Waals surface area contributed by atoms with Crippen LogP contribution in [0, 0.1) is 0 Å². The van der Waals surface area contributed by atoms with Crippen LogP contribution in [0.4, 0.5) is 5.82 Å². The number of imidazole rings is 1. The van der Waals surface area contributed by atoms with Gasteiger partial charge in [0.15, 0.2) is 21.7 Å². The van der Waals surface area contributed by atoms with Crippen molar-refractivity contribution in [3.63, 3.8) is 0 Å². The zero-order chi connectivity index (χ0) is 20.1. The van der Waals surface area contributed by atoms with E-state index in [4.69, 9.17) is 4.74 Å². The molecule has 0 aliphatic rings. The monoisotopic (exact) mass is 451 g/mol. The first-order valence-corrected chi connectivity index (χ1v) is 10.5. The Labute approximate surface area is 178 Å². The van der Waals surface area contributed by atoms with Crippen molar-refractivity contribution < 1.29 is 4.74 Å². The first-order valence-electron chi connectivity index (χ1n) is 9.68. The molecule has 2 aromatic heterocycles. The van der Waals surface area contributed by atoms with E-state index < -0.39 is 0 Å². The molecule has 4 rings (SSSR count). The maximum absolute atomic E-state index is 5.90. The number of aromatic nitrogens is 4. The van der Waals surface area contributed by atoms with Gasteiger partial charge in [-0.15, -0.1) is 0 Å². The average molecular weight is 452 g/mol. The zero-order valence-electron chi connectivity index (χ0n) is 16.2. The van der Waals surface area contributed by atoms with Gasteiger partial charge < -0.3 is 10.1 Å². The van der Waals surface area contributed by atoms with Gasteiger partial charge in [0.1, 0.15) is 0 Å². The second-order valence-electron chi connectivity index (χ2n) is 6.55. The van der Waals surface area contributed by atoms with Crippen LogP contribution < -0.4 is 10.1 Å². The highest BCUT2D eigenvalue weighted by Crippen LogP contribution is 2.29. The molecule has 1 N–H and O–H groups in total. The van der Waals surface area contributed by atoms with Crippen LogP contribution in [0.2, 0.25) is 0 Å². The average Bonchev–Trinajstić information content (AvgIpc) is 3.09. The molecule has 0 saturated carbocycles. The van der Waals surface area contributed by atoms with Crippen molar-refractivity contribution in [2.75, 3.05) is 18.5 Å². The van der Waals surface area contributed by atoms with Crippen molar-refractivity contribution in [2.24, 2.45) is 0 Å². The maximum Gasteiger partial charge on any atom is 0.320 e. The molecule has 0 unspecified atom stereocenters. The van der Waals surface area contributed by atoms with Gasteiger partial charge in [0, 0.05) is 12.2 Å². The summed E-state index contributed by atoms with van der Waals surface area (Å²) in [4.78, 5) is 13.8. The lowest BCUT2D eigenvalue weighted by atomic mass is 10.1. The van der Waals surface area contributed by atoms with Gasteiger partial charge in [-0.25, -0.2) is 4.98 Å². The number of rotatable bonds is 8. The molecule has 0 amide bonds. The summed E-state index contributed by atoms with van der Waals surface area (Å²) in [6.45, 7) is 3.31. The molecular formula is C22H22BrN5O. The number of para-hydroxylation sites is 1. The van der Waals surface area contributed by atoms with Crippen LogP contribution in [0.25, 0.3) is 16.9 Å². The number of hydrogen-bond acceptors (Lipinski definition) is 5. The van der Waals surface area contributed by atoms with Crippen LogP contribution in [0.5, 0.6) is 6.01 Å². The van der Waals surface area contributed by atoms with Gasteiger partial charge in [0.25, 0.3) is 0 Å². The number of nitrogens with zero attached hydrogens (tertiary/aromatic N) is 4. The maximum atomic E-state index is 5.90. The smallest absolute Gasteiger partial charge is 0.320 e. The molecule has 0 saturated heterocycles. The molecule has 4 aromatic rings. The van der Waals surface area contributed by atoms with Crippen molar-refractivity contribution >= 4 is 32.9 Å². The Morgan fingerprint density at radius 3 is 2.41 bits per heavy atom. The Morgan fingerprint density at radius 2 is 1.69 bits per heavy atom. The molecule has 0 bridgehead atoms. The van der Waals surface area contributed by atoms with E-state index in [1.807, 2.05) is 47.9 Å². The summed E-state index contributed by atoms with van der Waals surface area (Å²) in [5.74, 6) is 0.672. The quantitative estimate of drug-likeness (QED) is 0.300. The number of halogens is 1. The molecule has 6 nitrogen and oxygen atoms in total. The molecule has 0 spiro atoms. The molecule has 2 heterocycles. The fourth-order valence-corrected chi connectivity index (χ4v) is 3.71. The molecular weight excluding hydrogens is 430 g/mol. The third kappa shape index (κ3) is 4.40. The Morgan fingerprint density at radius 1 is 0.966 bits per heavy atom. The van der Waals surface area contributed by atoms with Crippen molar-refractivity contribution in [1.29, 1.82) is 0 Å². The summed E-state index contributed by atoms with van der Waals surface area (Å²) in [5, 5.41) is 3.27. The first-order chi connectivity index (χ1) is 14.3. The van der Waals surface area contributed by atoms with Crippen molar-refractivity contribution in [3.05, 3.63) is 71.0 Å². The number of hydrogen-bond donors (Lipinski definition) is 1. The Hall–Kier alpha value is -2.93. The summed E-state index contributed by atoms with van der Waals surface area (Å²) in [6, 6.07) is 20.7. The fraction of sp³-hybridized carbons (Fsp3) is 0.227. The highest BCUT2D eigenvalue weighted by atomic mass is 79.9. The van der Waals surface area contributed by atoms with Crippen LogP contribution in [-0.2, 0) is 6.42 Å². The number of aryl methyl sites for hydroxylation is 1. The summed E-state index contributed by atoms with van der Waals surface area (Å²) in [5.41, 5.74) is 3.68. The van der Waals surface area contributed by atoms with Gasteiger partial charge in [-0.1, -0.05) is 48.5 Å². The molecule has 0 radical (unpaired) electrons. The van der Waals surface area contributed by atoms with Crippen LogP contribution in [0.3, 0.4) is 0 Å². The van der Waals surface area contributed by atoms with E-state index in [1.54, 1.807) is 0 Å². The van der Waals surface area contributed by atoms with Crippen LogP contribution in [0.15, 0.2) is 65.4 Å². The van der Waals surface area contributed by atoms with Gasteiger partial charge >= 0.3 is 6.01 Å². The number of nitrogens with one attached hydrogen (secondary N) is 1. The minimum absolute atomic E-state index is 0.353. The lowest BCUT2D eigenvalue weighted by Gasteiger charge is -2.10. The van der Waals surface area contributed by atoms with E-state index in [0.717, 1.165) is 25.1 Å². The van der Waals surface area contributed by atoms with Gasteiger partial charge in [0.05, 0.1) is 6.61 Å². The molecule has 7 heteroatoms. The molecule has 148 valence electrons. The molecule has 0 fully saturated rings. The van der Waals surface area contributed by atoms with E-state index in [2.05, 4.69) is 60.5 Å². The topological polar surface area (TPSA) is 64.9 Å². The van der Waals surface area contributed by atoms with E-state index >= 15 is 0 Å². The van der Waals surface area contributed by atoms with Crippen molar-refractivity contribution in [3.8, 4) is 11.7 Å². The molecule has 0 atom stereocenters. The van der Waals surface area contributed by atoms with Gasteiger partial charge in [-0.2, -0.15) is 9.97 Å². The molecule has 0 aliphatic carbocycles.